The van der Waals surface area contributed by atoms with Gasteiger partial charge in [0, 0.05) is 5.75 Å². The molecule has 0 aromatic carbocycles. The van der Waals surface area contributed by atoms with Crippen molar-refractivity contribution in [1.82, 2.24) is 19.5 Å². The van der Waals surface area contributed by atoms with Crippen molar-refractivity contribution in [2.75, 3.05) is 24.3 Å². The lowest BCUT2D eigenvalue weighted by Gasteiger charge is -2.23. The Morgan fingerprint density at radius 1 is 1.46 bits per heavy atom. The van der Waals surface area contributed by atoms with Crippen LogP contribution >= 0.6 is 21.6 Å². The van der Waals surface area contributed by atoms with Crippen molar-refractivity contribution < 1.29 is 24.5 Å². The third-order valence-electron chi connectivity index (χ3n) is 4.34. The van der Waals surface area contributed by atoms with Crippen LogP contribution in [0.15, 0.2) is 12.7 Å². The summed E-state index contributed by atoms with van der Waals surface area (Å²) in [6.07, 6.45) is 0.798. The van der Waals surface area contributed by atoms with Gasteiger partial charge in [0.1, 0.15) is 30.1 Å². The van der Waals surface area contributed by atoms with E-state index in [9.17, 15) is 15.0 Å². The van der Waals surface area contributed by atoms with Crippen LogP contribution in [0.5, 0.6) is 0 Å². The van der Waals surface area contributed by atoms with Gasteiger partial charge in [0.15, 0.2) is 23.8 Å². The largest absolute Gasteiger partial charge is 0.453 e. The third-order valence-corrected chi connectivity index (χ3v) is 6.18. The number of hydrogen-bond acceptors (Lipinski definition) is 12. The zero-order valence-electron chi connectivity index (χ0n) is 15.0. The van der Waals surface area contributed by atoms with E-state index in [1.54, 1.807) is 21.6 Å². The zero-order chi connectivity index (χ0) is 20.3. The lowest BCUT2D eigenvalue weighted by molar-refractivity contribution is -0.160. The minimum absolute atomic E-state index is 0.183. The van der Waals surface area contributed by atoms with Crippen LogP contribution in [-0.4, -0.2) is 78.7 Å². The summed E-state index contributed by atoms with van der Waals surface area (Å²) in [5, 5.41) is 20.0. The molecule has 1 saturated heterocycles. The molecule has 5 atom stereocenters. The number of nitrogen functional groups attached to an aromatic ring is 1. The average Bonchev–Trinajstić information content (AvgIpc) is 3.24. The third kappa shape index (κ3) is 4.18. The standard InChI is InChI=1S/C15H22N6O5S2/c1-27-28-3-2-7(16)15(24)26-11-10(23)8(4-22)25-14(11)21-6-20-9-12(17)18-5-19-13(9)21/h5-8,10-11,14,22-23H,2-4,16H2,1H3,(H2,17,18,19)/t7?,8-,10-,11-,14-/m1/s1. The van der Waals surface area contributed by atoms with E-state index in [0.29, 0.717) is 23.3 Å². The second-order valence-electron chi connectivity index (χ2n) is 6.11. The van der Waals surface area contributed by atoms with Crippen LogP contribution in [0.2, 0.25) is 0 Å². The second kappa shape index (κ2) is 9.24. The Hall–Kier alpha value is -1.64. The molecule has 3 rings (SSSR count). The van der Waals surface area contributed by atoms with Gasteiger partial charge in [-0.1, -0.05) is 21.6 Å². The van der Waals surface area contributed by atoms with E-state index in [1.165, 1.54) is 17.2 Å². The van der Waals surface area contributed by atoms with Crippen LogP contribution in [0.3, 0.4) is 0 Å². The zero-order valence-corrected chi connectivity index (χ0v) is 16.7. The molecule has 1 fully saturated rings. The lowest BCUT2D eigenvalue weighted by Crippen LogP contribution is -2.42. The molecular formula is C15H22N6O5S2. The van der Waals surface area contributed by atoms with Crippen LogP contribution < -0.4 is 11.5 Å². The van der Waals surface area contributed by atoms with E-state index < -0.39 is 43.2 Å². The highest BCUT2D eigenvalue weighted by Gasteiger charge is 2.48. The number of fused-ring (bicyclic) bond motifs is 1. The van der Waals surface area contributed by atoms with Gasteiger partial charge in [-0.15, -0.1) is 0 Å². The van der Waals surface area contributed by atoms with Gasteiger partial charge >= 0.3 is 5.97 Å². The molecule has 28 heavy (non-hydrogen) atoms. The summed E-state index contributed by atoms with van der Waals surface area (Å²) in [5.74, 6) is 0.214. The quantitative estimate of drug-likeness (QED) is 0.236. The van der Waals surface area contributed by atoms with Gasteiger partial charge < -0.3 is 31.2 Å². The number of ether oxygens (including phenoxy) is 2. The summed E-state index contributed by atoms with van der Waals surface area (Å²) in [7, 11) is 3.17. The fourth-order valence-electron chi connectivity index (χ4n) is 2.87. The van der Waals surface area contributed by atoms with Crippen molar-refractivity contribution >= 4 is 44.5 Å². The number of carbonyl (C=O) groups is 1. The number of aromatic nitrogens is 4. The fourth-order valence-corrected chi connectivity index (χ4v) is 4.18. The molecule has 1 aliphatic rings. The van der Waals surface area contributed by atoms with Crippen LogP contribution in [-0.2, 0) is 14.3 Å². The Labute approximate surface area is 168 Å². The Kier molecular flexibility index (Phi) is 6.95. The number of aliphatic hydroxyl groups is 2. The van der Waals surface area contributed by atoms with E-state index in [1.807, 2.05) is 6.26 Å². The molecule has 6 N–H and O–H groups in total. The number of nitrogens with zero attached hydrogens (tertiary/aromatic N) is 4. The summed E-state index contributed by atoms with van der Waals surface area (Å²) < 4.78 is 12.7. The Morgan fingerprint density at radius 3 is 2.96 bits per heavy atom. The van der Waals surface area contributed by atoms with Crippen molar-refractivity contribution in [2.45, 2.75) is 37.0 Å². The Bertz CT molecular complexity index is 823. The van der Waals surface area contributed by atoms with Gasteiger partial charge in [0.25, 0.3) is 0 Å². The van der Waals surface area contributed by atoms with E-state index in [4.69, 9.17) is 20.9 Å². The fraction of sp³-hybridized carbons (Fsp3) is 0.600. The van der Waals surface area contributed by atoms with Gasteiger partial charge in [-0.25, -0.2) is 15.0 Å². The van der Waals surface area contributed by atoms with Crippen molar-refractivity contribution in [3.63, 3.8) is 0 Å². The van der Waals surface area contributed by atoms with Crippen LogP contribution in [0.1, 0.15) is 12.6 Å². The maximum atomic E-state index is 12.4. The highest BCUT2D eigenvalue weighted by atomic mass is 33.1. The van der Waals surface area contributed by atoms with Gasteiger partial charge in [0.05, 0.1) is 12.9 Å². The maximum Gasteiger partial charge on any atom is 0.323 e. The van der Waals surface area contributed by atoms with Crippen LogP contribution in [0.25, 0.3) is 11.2 Å². The Balaban J connectivity index is 1.82. The molecule has 0 bridgehead atoms. The highest BCUT2D eigenvalue weighted by molar-refractivity contribution is 8.76. The van der Waals surface area contributed by atoms with Crippen molar-refractivity contribution in [1.29, 1.82) is 0 Å². The van der Waals surface area contributed by atoms with E-state index in [2.05, 4.69) is 15.0 Å². The number of esters is 1. The van der Waals surface area contributed by atoms with E-state index in [0.717, 1.165) is 0 Å². The van der Waals surface area contributed by atoms with Crippen molar-refractivity contribution in [2.24, 2.45) is 5.73 Å². The average molecular weight is 431 g/mol. The molecule has 0 amide bonds. The van der Waals surface area contributed by atoms with Gasteiger partial charge in [-0.05, 0) is 12.7 Å². The summed E-state index contributed by atoms with van der Waals surface area (Å²) in [6.45, 7) is -0.452. The highest BCUT2D eigenvalue weighted by Crippen LogP contribution is 2.34. The number of imidazole rings is 1. The molecule has 3 heterocycles. The number of anilines is 1. The molecule has 0 radical (unpaired) electrons. The summed E-state index contributed by atoms with van der Waals surface area (Å²) in [4.78, 5) is 24.6. The smallest absolute Gasteiger partial charge is 0.323 e. The molecule has 11 nitrogen and oxygen atoms in total. The van der Waals surface area contributed by atoms with Gasteiger partial charge in [-0.3, -0.25) is 9.36 Å². The van der Waals surface area contributed by atoms with Gasteiger partial charge in [-0.2, -0.15) is 0 Å². The molecular weight excluding hydrogens is 408 g/mol. The molecule has 2 aromatic rings. The summed E-state index contributed by atoms with van der Waals surface area (Å²) in [5.41, 5.74) is 12.4. The normalized spacial score (nSPS) is 25.9. The maximum absolute atomic E-state index is 12.4. The van der Waals surface area contributed by atoms with Crippen molar-refractivity contribution in [3.05, 3.63) is 12.7 Å². The first-order valence-corrected chi connectivity index (χ1v) is 11.2. The number of carbonyl (C=O) groups excluding carboxylic acids is 1. The molecule has 0 spiro atoms. The SMILES string of the molecule is CSSCCC(N)C(=O)O[C@@H]1[C@H](O)[C@@H](CO)O[C@H]1n1cnc2c(N)ncnc21. The lowest BCUT2D eigenvalue weighted by atomic mass is 10.1. The Morgan fingerprint density at radius 2 is 2.25 bits per heavy atom. The molecule has 1 aliphatic heterocycles. The minimum atomic E-state index is -1.25. The molecule has 154 valence electrons. The first-order chi connectivity index (χ1) is 13.5. The first kappa shape index (κ1) is 21.1. The van der Waals surface area contributed by atoms with Gasteiger partial charge in [0.2, 0.25) is 0 Å². The molecule has 13 heteroatoms. The first-order valence-electron chi connectivity index (χ1n) is 8.47. The summed E-state index contributed by atoms with van der Waals surface area (Å²) >= 11 is 0. The van der Waals surface area contributed by atoms with E-state index in [-0.39, 0.29) is 5.82 Å². The predicted molar refractivity (Wildman–Crippen MR) is 105 cm³/mol. The van der Waals surface area contributed by atoms with E-state index >= 15 is 0 Å². The molecule has 2 aromatic heterocycles. The molecule has 1 unspecified atom stereocenters. The number of hydrogen-bond donors (Lipinski definition) is 4. The molecule has 0 aliphatic carbocycles. The molecule has 0 saturated carbocycles. The number of aliphatic hydroxyl groups excluding tert-OH is 2. The van der Waals surface area contributed by atoms with Crippen LogP contribution in [0.4, 0.5) is 5.82 Å². The minimum Gasteiger partial charge on any atom is -0.453 e. The summed E-state index contributed by atoms with van der Waals surface area (Å²) in [6, 6.07) is -0.835. The monoisotopic (exact) mass is 430 g/mol. The second-order valence-corrected chi connectivity index (χ2v) is 8.79. The van der Waals surface area contributed by atoms with Crippen LogP contribution in [0, 0.1) is 0 Å². The number of nitrogens with two attached hydrogens (primary N) is 2. The predicted octanol–water partition coefficient (Wildman–Crippen LogP) is -0.700. The number of rotatable bonds is 8. The van der Waals surface area contributed by atoms with Crippen molar-refractivity contribution in [3.8, 4) is 0 Å². The topological polar surface area (TPSA) is 172 Å².